The molecule has 0 saturated heterocycles. The quantitative estimate of drug-likeness (QED) is 0.856. The van der Waals surface area contributed by atoms with Crippen molar-refractivity contribution in [1.29, 1.82) is 0 Å². The molecule has 2 N–H and O–H groups in total. The summed E-state index contributed by atoms with van der Waals surface area (Å²) in [5.74, 6) is 1.36. The Kier molecular flexibility index (Phi) is 5.09. The number of rotatable bonds is 6. The third kappa shape index (κ3) is 3.89. The van der Waals surface area contributed by atoms with Gasteiger partial charge in [-0.3, -0.25) is 0 Å². The lowest BCUT2D eigenvalue weighted by atomic mass is 10.00. The van der Waals surface area contributed by atoms with E-state index in [0.29, 0.717) is 12.5 Å². The summed E-state index contributed by atoms with van der Waals surface area (Å²) >= 11 is 0. The van der Waals surface area contributed by atoms with Crippen LogP contribution in [-0.2, 0) is 7.05 Å². The van der Waals surface area contributed by atoms with E-state index < -0.39 is 6.10 Å². The average Bonchev–Trinajstić information content (AvgIpc) is 2.90. The Morgan fingerprint density at radius 2 is 1.76 bits per heavy atom. The van der Waals surface area contributed by atoms with E-state index >= 15 is 0 Å². The van der Waals surface area contributed by atoms with Gasteiger partial charge in [-0.05, 0) is 24.0 Å². The van der Waals surface area contributed by atoms with Crippen LogP contribution >= 0.6 is 0 Å². The zero-order chi connectivity index (χ0) is 15.4. The molecule has 2 unspecified atom stereocenters. The van der Waals surface area contributed by atoms with Gasteiger partial charge in [-0.2, -0.15) is 0 Å². The summed E-state index contributed by atoms with van der Waals surface area (Å²) in [7, 11) is 1.91. The molecule has 0 amide bonds. The van der Waals surface area contributed by atoms with E-state index in [2.05, 4.69) is 41.5 Å². The van der Waals surface area contributed by atoms with Crippen molar-refractivity contribution >= 4 is 0 Å². The van der Waals surface area contributed by atoms with E-state index in [4.69, 9.17) is 0 Å². The van der Waals surface area contributed by atoms with Crippen molar-refractivity contribution in [2.75, 3.05) is 6.54 Å². The van der Waals surface area contributed by atoms with Gasteiger partial charge in [0.1, 0.15) is 12.2 Å². The van der Waals surface area contributed by atoms with Crippen LogP contribution in [0, 0.1) is 0 Å². The molecule has 0 saturated carbocycles. The minimum absolute atomic E-state index is 0.0436. The first-order valence-electron chi connectivity index (χ1n) is 7.34. The maximum atomic E-state index is 10.3. The van der Waals surface area contributed by atoms with Crippen LogP contribution in [0.5, 0.6) is 0 Å². The first-order chi connectivity index (χ1) is 9.99. The van der Waals surface area contributed by atoms with Crippen LogP contribution in [0.2, 0.25) is 0 Å². The van der Waals surface area contributed by atoms with E-state index in [1.54, 1.807) is 6.33 Å². The molecule has 0 fully saturated rings. The largest absolute Gasteiger partial charge is 0.387 e. The van der Waals surface area contributed by atoms with Crippen molar-refractivity contribution in [3.8, 4) is 0 Å². The van der Waals surface area contributed by atoms with Gasteiger partial charge in [0.05, 0.1) is 12.1 Å². The van der Waals surface area contributed by atoms with Gasteiger partial charge in [0.25, 0.3) is 0 Å². The van der Waals surface area contributed by atoms with Gasteiger partial charge in [-0.25, -0.2) is 0 Å². The Labute approximate surface area is 126 Å². The molecule has 114 valence electrons. The second kappa shape index (κ2) is 6.83. The summed E-state index contributed by atoms with van der Waals surface area (Å²) in [6.45, 7) is 6.82. The molecule has 1 aromatic heterocycles. The van der Waals surface area contributed by atoms with Gasteiger partial charge >= 0.3 is 0 Å². The number of hydrogen-bond donors (Lipinski definition) is 2. The van der Waals surface area contributed by atoms with Crippen LogP contribution in [0.25, 0.3) is 0 Å². The van der Waals surface area contributed by atoms with Gasteiger partial charge in [0.15, 0.2) is 0 Å². The molecule has 0 aliphatic carbocycles. The van der Waals surface area contributed by atoms with Gasteiger partial charge in [0, 0.05) is 13.6 Å². The molecular weight excluding hydrogens is 264 g/mol. The summed E-state index contributed by atoms with van der Waals surface area (Å²) in [4.78, 5) is 0. The number of benzene rings is 1. The maximum absolute atomic E-state index is 10.3. The van der Waals surface area contributed by atoms with Gasteiger partial charge in [-0.1, -0.05) is 38.1 Å². The summed E-state index contributed by atoms with van der Waals surface area (Å²) < 4.78 is 1.88. The monoisotopic (exact) mass is 288 g/mol. The molecule has 0 spiro atoms. The van der Waals surface area contributed by atoms with Crippen LogP contribution in [0.1, 0.15) is 55.8 Å². The summed E-state index contributed by atoms with van der Waals surface area (Å²) in [5.41, 5.74) is 2.21. The highest BCUT2D eigenvalue weighted by atomic mass is 16.3. The topological polar surface area (TPSA) is 63.0 Å². The standard InChI is InChI=1S/C16H24N4O/c1-11(2)13-5-7-14(8-6-13)15(21)9-17-12(3)16-19-18-10-20(16)4/h5-8,10-12,15,17,21H,9H2,1-4H3. The first-order valence-corrected chi connectivity index (χ1v) is 7.34. The van der Waals surface area contributed by atoms with E-state index in [9.17, 15) is 5.11 Å². The molecular formula is C16H24N4O. The lowest BCUT2D eigenvalue weighted by Crippen LogP contribution is -2.26. The Morgan fingerprint density at radius 1 is 1.14 bits per heavy atom. The number of aliphatic hydroxyl groups is 1. The molecule has 0 bridgehead atoms. The lowest BCUT2D eigenvalue weighted by Gasteiger charge is -2.17. The second-order valence-electron chi connectivity index (χ2n) is 5.77. The molecule has 0 radical (unpaired) electrons. The molecule has 1 aromatic carbocycles. The Morgan fingerprint density at radius 3 is 2.29 bits per heavy atom. The van der Waals surface area contributed by atoms with Crippen molar-refractivity contribution in [3.63, 3.8) is 0 Å². The van der Waals surface area contributed by atoms with E-state index in [0.717, 1.165) is 11.4 Å². The molecule has 5 heteroatoms. The number of nitrogens with one attached hydrogen (secondary N) is 1. The minimum Gasteiger partial charge on any atom is -0.387 e. The number of hydrogen-bond acceptors (Lipinski definition) is 4. The van der Waals surface area contributed by atoms with Gasteiger partial charge in [-0.15, -0.1) is 10.2 Å². The predicted octanol–water partition coefficient (Wildman–Crippen LogP) is 2.32. The maximum Gasteiger partial charge on any atom is 0.149 e. The highest BCUT2D eigenvalue weighted by Gasteiger charge is 2.14. The number of aryl methyl sites for hydroxylation is 1. The fraction of sp³-hybridized carbons (Fsp3) is 0.500. The van der Waals surface area contributed by atoms with E-state index in [1.165, 1.54) is 5.56 Å². The van der Waals surface area contributed by atoms with Crippen molar-refractivity contribution in [1.82, 2.24) is 20.1 Å². The van der Waals surface area contributed by atoms with E-state index in [-0.39, 0.29) is 6.04 Å². The molecule has 2 rings (SSSR count). The normalized spacial score (nSPS) is 14.4. The van der Waals surface area contributed by atoms with Crippen LogP contribution in [0.4, 0.5) is 0 Å². The zero-order valence-corrected chi connectivity index (χ0v) is 13.1. The third-order valence-electron chi connectivity index (χ3n) is 3.74. The number of nitrogens with zero attached hydrogens (tertiary/aromatic N) is 3. The molecule has 21 heavy (non-hydrogen) atoms. The third-order valence-corrected chi connectivity index (χ3v) is 3.74. The molecule has 1 heterocycles. The lowest BCUT2D eigenvalue weighted by molar-refractivity contribution is 0.170. The smallest absolute Gasteiger partial charge is 0.149 e. The Hall–Kier alpha value is -1.72. The van der Waals surface area contributed by atoms with Crippen molar-refractivity contribution < 1.29 is 5.11 Å². The predicted molar refractivity (Wildman–Crippen MR) is 82.9 cm³/mol. The van der Waals surface area contributed by atoms with Gasteiger partial charge < -0.3 is 15.0 Å². The van der Waals surface area contributed by atoms with Crippen LogP contribution in [0.15, 0.2) is 30.6 Å². The SMILES string of the molecule is CC(C)c1ccc(C(O)CNC(C)c2nncn2C)cc1. The Balaban J connectivity index is 1.92. The molecule has 2 aromatic rings. The summed E-state index contributed by atoms with van der Waals surface area (Å²) in [5, 5.41) is 21.5. The second-order valence-corrected chi connectivity index (χ2v) is 5.77. The molecule has 5 nitrogen and oxygen atoms in total. The van der Waals surface area contributed by atoms with E-state index in [1.807, 2.05) is 30.7 Å². The number of aliphatic hydroxyl groups excluding tert-OH is 1. The van der Waals surface area contributed by atoms with Gasteiger partial charge in [0.2, 0.25) is 0 Å². The summed E-state index contributed by atoms with van der Waals surface area (Å²) in [6, 6.07) is 8.19. The highest BCUT2D eigenvalue weighted by molar-refractivity contribution is 5.26. The molecule has 0 aliphatic rings. The van der Waals surface area contributed by atoms with Crippen LogP contribution in [0.3, 0.4) is 0 Å². The first kappa shape index (κ1) is 15.7. The molecule has 0 aliphatic heterocycles. The summed E-state index contributed by atoms with van der Waals surface area (Å²) in [6.07, 6.45) is 1.15. The van der Waals surface area contributed by atoms with Crippen LogP contribution in [-0.4, -0.2) is 26.4 Å². The van der Waals surface area contributed by atoms with Crippen LogP contribution < -0.4 is 5.32 Å². The zero-order valence-electron chi connectivity index (χ0n) is 13.1. The Bertz CT molecular complexity index is 562. The minimum atomic E-state index is -0.526. The average molecular weight is 288 g/mol. The number of aromatic nitrogens is 3. The van der Waals surface area contributed by atoms with Crippen molar-refractivity contribution in [2.45, 2.75) is 38.8 Å². The molecule has 2 atom stereocenters. The highest BCUT2D eigenvalue weighted by Crippen LogP contribution is 2.19. The van der Waals surface area contributed by atoms with Crippen molar-refractivity contribution in [2.24, 2.45) is 7.05 Å². The fourth-order valence-electron chi connectivity index (χ4n) is 2.28. The van der Waals surface area contributed by atoms with Crippen molar-refractivity contribution in [3.05, 3.63) is 47.5 Å². The fourth-order valence-corrected chi connectivity index (χ4v) is 2.28.